The molecule has 1 aliphatic carbocycles. The van der Waals surface area contributed by atoms with Crippen LogP contribution in [0.4, 0.5) is 0 Å². The molecule has 3 atom stereocenters. The van der Waals surface area contributed by atoms with Crippen molar-refractivity contribution in [3.63, 3.8) is 0 Å². The molecule has 1 fully saturated rings. The molecule has 1 aliphatic rings. The number of allylic oxidation sites excluding steroid dienone is 2. The number of rotatable bonds is 17. The molecule has 0 spiro atoms. The molecule has 1 saturated carbocycles. The number of amides is 1. The van der Waals surface area contributed by atoms with Gasteiger partial charge in [0, 0.05) is 0 Å². The fourth-order valence-corrected chi connectivity index (χ4v) is 5.01. The summed E-state index contributed by atoms with van der Waals surface area (Å²) in [5.74, 6) is 1.51. The van der Waals surface area contributed by atoms with E-state index in [0.29, 0.717) is 12.0 Å². The van der Waals surface area contributed by atoms with Gasteiger partial charge in [0.2, 0.25) is 6.41 Å². The summed E-state index contributed by atoms with van der Waals surface area (Å²) in [6, 6.07) is 16.8. The van der Waals surface area contributed by atoms with Crippen molar-refractivity contribution < 1.29 is 24.3 Å². The van der Waals surface area contributed by atoms with Crippen LogP contribution in [0.2, 0.25) is 0 Å². The Balaban J connectivity index is 0.000000705. The first-order valence-corrected chi connectivity index (χ1v) is 17.2. The van der Waals surface area contributed by atoms with Crippen molar-refractivity contribution in [2.75, 3.05) is 0 Å². The number of hydrogen-bond donors (Lipinski definition) is 1. The van der Waals surface area contributed by atoms with Gasteiger partial charge in [0.15, 0.2) is 0 Å². The number of nitrogens with one attached hydrogen (secondary N) is 1. The number of aryl methyl sites for hydroxylation is 1. The van der Waals surface area contributed by atoms with Gasteiger partial charge in [-0.25, -0.2) is 4.79 Å². The molecule has 8 nitrogen and oxygen atoms in total. The van der Waals surface area contributed by atoms with Gasteiger partial charge >= 0.3 is 5.97 Å². The van der Waals surface area contributed by atoms with Gasteiger partial charge in [-0.1, -0.05) is 146 Å². The molecule has 0 bridgehead atoms. The van der Waals surface area contributed by atoms with Gasteiger partial charge in [-0.05, 0) is 61.6 Å². The lowest BCUT2D eigenvalue weighted by Crippen LogP contribution is -2.34. The SMILES string of the molecule is C/C=C\CCCC.CC.CC(NC=O)C(=O)OCc1ccc(CO[N+](=O)[O-])cc1.CC1CCCC1CCCCCc1ccccc1. The van der Waals surface area contributed by atoms with Gasteiger partial charge in [-0.3, -0.25) is 4.79 Å². The topological polar surface area (TPSA) is 108 Å². The average Bonchev–Trinajstić information content (AvgIpc) is 3.49. The maximum atomic E-state index is 11.4. The van der Waals surface area contributed by atoms with Crippen molar-refractivity contribution >= 4 is 12.4 Å². The monoisotopic (exact) mass is 640 g/mol. The van der Waals surface area contributed by atoms with Gasteiger partial charge in [0.05, 0.1) is 0 Å². The number of nitrogens with zero attached hydrogens (tertiary/aromatic N) is 1. The van der Waals surface area contributed by atoms with Gasteiger partial charge in [-0.15, -0.1) is 10.1 Å². The molecule has 3 unspecified atom stereocenters. The minimum atomic E-state index is -0.864. The van der Waals surface area contributed by atoms with E-state index in [2.05, 4.69) is 73.4 Å². The molecule has 8 heteroatoms. The smallest absolute Gasteiger partial charge is 0.328 e. The third kappa shape index (κ3) is 21.9. The maximum Gasteiger partial charge on any atom is 0.328 e. The highest BCUT2D eigenvalue weighted by atomic mass is 16.9. The Morgan fingerprint density at radius 1 is 0.978 bits per heavy atom. The number of carbonyl (C=O) groups is 2. The highest BCUT2D eigenvalue weighted by molar-refractivity contribution is 5.77. The van der Waals surface area contributed by atoms with Gasteiger partial charge < -0.3 is 14.9 Å². The molecular formula is C38H60N2O6. The van der Waals surface area contributed by atoms with E-state index in [1.54, 1.807) is 24.3 Å². The zero-order chi connectivity index (χ0) is 34.4. The van der Waals surface area contributed by atoms with Crippen molar-refractivity contribution in [3.8, 4) is 0 Å². The normalized spacial score (nSPS) is 15.5. The predicted octanol–water partition coefficient (Wildman–Crippen LogP) is 9.58. The van der Waals surface area contributed by atoms with Crippen molar-refractivity contribution in [3.05, 3.63) is 93.6 Å². The Morgan fingerprint density at radius 3 is 2.17 bits per heavy atom. The largest absolute Gasteiger partial charge is 0.459 e. The Bertz CT molecular complexity index is 1060. The fourth-order valence-electron chi connectivity index (χ4n) is 5.01. The Kier molecular flexibility index (Phi) is 26.5. The van der Waals surface area contributed by atoms with E-state index in [1.165, 1.54) is 83.1 Å². The van der Waals surface area contributed by atoms with Crippen molar-refractivity contribution in [2.24, 2.45) is 11.8 Å². The quantitative estimate of drug-likeness (QED) is 0.0461. The molecule has 0 aliphatic heterocycles. The first kappa shape index (κ1) is 42.3. The van der Waals surface area contributed by atoms with Crippen LogP contribution in [0.1, 0.15) is 122 Å². The molecule has 3 rings (SSSR count). The first-order valence-electron chi connectivity index (χ1n) is 17.2. The molecule has 0 radical (unpaired) electrons. The average molecular weight is 641 g/mol. The minimum absolute atomic E-state index is 0.0556. The molecule has 2 aromatic rings. The zero-order valence-corrected chi connectivity index (χ0v) is 29.2. The highest BCUT2D eigenvalue weighted by Gasteiger charge is 2.22. The predicted molar refractivity (Wildman–Crippen MR) is 187 cm³/mol. The standard InChI is InChI=1S/C17H26.C12H14N2O6.C7H14.C2H6/c1-15-9-8-14-17(15)13-7-3-6-12-16-10-4-2-5-11-16;1-9(13-8-15)12(16)19-6-10-2-4-11(5-3-10)7-20-14(17)18;1-3-5-7-6-4-2;1-2/h2,4-5,10-11,15,17H,3,6-9,12-14H2,1H3;2-5,8-9H,6-7H2,1H3,(H,13,15);3,5H,4,6-7H2,1-2H3;1-2H3/b;;5-3-;. The molecule has 0 heterocycles. The van der Waals surface area contributed by atoms with Crippen LogP contribution in [0, 0.1) is 22.0 Å². The van der Waals surface area contributed by atoms with Crippen LogP contribution in [0.25, 0.3) is 0 Å². The molecular weight excluding hydrogens is 580 g/mol. The number of esters is 1. The Hall–Kier alpha value is -3.68. The molecule has 2 aromatic carbocycles. The number of benzene rings is 2. The minimum Gasteiger partial charge on any atom is -0.459 e. The van der Waals surface area contributed by atoms with Crippen LogP contribution in [-0.2, 0) is 38.8 Å². The fraction of sp³-hybridized carbons (Fsp3) is 0.579. The van der Waals surface area contributed by atoms with E-state index >= 15 is 0 Å². The van der Waals surface area contributed by atoms with Crippen molar-refractivity contribution in [1.29, 1.82) is 0 Å². The number of hydrogen-bond acceptors (Lipinski definition) is 6. The highest BCUT2D eigenvalue weighted by Crippen LogP contribution is 2.34. The van der Waals surface area contributed by atoms with Crippen LogP contribution in [0.5, 0.6) is 0 Å². The van der Waals surface area contributed by atoms with E-state index in [-0.39, 0.29) is 13.2 Å². The summed E-state index contributed by atoms with van der Waals surface area (Å²) >= 11 is 0. The number of ether oxygens (including phenoxy) is 1. The Labute approximate surface area is 278 Å². The second-order valence-electron chi connectivity index (χ2n) is 11.4. The second-order valence-corrected chi connectivity index (χ2v) is 11.4. The van der Waals surface area contributed by atoms with Crippen molar-refractivity contribution in [1.82, 2.24) is 5.32 Å². The lowest BCUT2D eigenvalue weighted by molar-refractivity contribution is -0.763. The summed E-state index contributed by atoms with van der Waals surface area (Å²) in [5.41, 5.74) is 2.86. The molecule has 1 N–H and O–H groups in total. The summed E-state index contributed by atoms with van der Waals surface area (Å²) < 4.78 is 4.98. The first-order chi connectivity index (χ1) is 22.3. The summed E-state index contributed by atoms with van der Waals surface area (Å²) in [5, 5.41) is 11.4. The van der Waals surface area contributed by atoms with Crippen LogP contribution >= 0.6 is 0 Å². The van der Waals surface area contributed by atoms with Crippen LogP contribution < -0.4 is 5.32 Å². The number of carbonyl (C=O) groups excluding carboxylic acids is 2. The van der Waals surface area contributed by atoms with E-state index < -0.39 is 17.1 Å². The molecule has 46 heavy (non-hydrogen) atoms. The van der Waals surface area contributed by atoms with E-state index in [0.717, 1.165) is 17.4 Å². The molecule has 1 amide bonds. The second kappa shape index (κ2) is 28.8. The van der Waals surface area contributed by atoms with Crippen LogP contribution in [-0.4, -0.2) is 23.5 Å². The Morgan fingerprint density at radius 2 is 1.63 bits per heavy atom. The van der Waals surface area contributed by atoms with Gasteiger partial charge in [0.1, 0.15) is 19.3 Å². The zero-order valence-electron chi connectivity index (χ0n) is 29.2. The third-order valence-electron chi connectivity index (χ3n) is 7.79. The lowest BCUT2D eigenvalue weighted by atomic mass is 9.92. The molecule has 0 saturated heterocycles. The van der Waals surface area contributed by atoms with Crippen LogP contribution in [0.15, 0.2) is 66.7 Å². The molecule has 258 valence electrons. The maximum absolute atomic E-state index is 11.4. The number of unbranched alkanes of at least 4 members (excludes halogenated alkanes) is 4. The van der Waals surface area contributed by atoms with E-state index in [1.807, 2.05) is 13.8 Å². The van der Waals surface area contributed by atoms with Crippen LogP contribution in [0.3, 0.4) is 0 Å². The van der Waals surface area contributed by atoms with Gasteiger partial charge in [0.25, 0.3) is 5.09 Å². The van der Waals surface area contributed by atoms with Gasteiger partial charge in [-0.2, -0.15) is 0 Å². The molecule has 0 aromatic heterocycles. The summed E-state index contributed by atoms with van der Waals surface area (Å²) in [6.45, 7) is 12.2. The van der Waals surface area contributed by atoms with Crippen molar-refractivity contribution in [2.45, 2.75) is 131 Å². The lowest BCUT2D eigenvalue weighted by Gasteiger charge is -2.14. The third-order valence-corrected chi connectivity index (χ3v) is 7.79. The summed E-state index contributed by atoms with van der Waals surface area (Å²) in [4.78, 5) is 35.8. The summed E-state index contributed by atoms with van der Waals surface area (Å²) in [7, 11) is 0. The summed E-state index contributed by atoms with van der Waals surface area (Å²) in [6.07, 6.45) is 20.1. The van der Waals surface area contributed by atoms with E-state index in [4.69, 9.17) is 4.74 Å². The van der Waals surface area contributed by atoms with E-state index in [9.17, 15) is 19.7 Å².